The summed E-state index contributed by atoms with van der Waals surface area (Å²) in [6.45, 7) is 0.946. The second-order valence-electron chi connectivity index (χ2n) is 9.88. The average Bonchev–Trinajstić information content (AvgIpc) is 3.50. The highest BCUT2D eigenvalue weighted by molar-refractivity contribution is 6.02. The van der Waals surface area contributed by atoms with Crippen LogP contribution in [-0.2, 0) is 17.5 Å². The van der Waals surface area contributed by atoms with Gasteiger partial charge in [-0.1, -0.05) is 54.3 Å². The van der Waals surface area contributed by atoms with Gasteiger partial charge < -0.3 is 10.2 Å². The molecule has 0 radical (unpaired) electrons. The number of carbonyl (C=O) groups is 2. The maximum atomic E-state index is 13.7. The molecule has 200 valence electrons. The Labute approximate surface area is 217 Å². The predicted molar refractivity (Wildman–Crippen MR) is 134 cm³/mol. The van der Waals surface area contributed by atoms with E-state index in [1.54, 1.807) is 10.9 Å². The summed E-state index contributed by atoms with van der Waals surface area (Å²) >= 11 is 0. The van der Waals surface area contributed by atoms with Crippen LogP contribution in [0.25, 0.3) is 0 Å². The number of benzene rings is 2. The Morgan fingerprint density at radius 1 is 1.05 bits per heavy atom. The number of urea groups is 1. The summed E-state index contributed by atoms with van der Waals surface area (Å²) in [4.78, 5) is 27.0. The molecule has 11 heteroatoms. The summed E-state index contributed by atoms with van der Waals surface area (Å²) in [7, 11) is 0. The Morgan fingerprint density at radius 2 is 1.82 bits per heavy atom. The fourth-order valence-corrected chi connectivity index (χ4v) is 5.26. The maximum Gasteiger partial charge on any atom is 0.416 e. The zero-order valence-corrected chi connectivity index (χ0v) is 20.7. The Kier molecular flexibility index (Phi) is 7.35. The quantitative estimate of drug-likeness (QED) is 0.400. The van der Waals surface area contributed by atoms with Crippen molar-refractivity contribution in [3.8, 4) is 0 Å². The van der Waals surface area contributed by atoms with Crippen molar-refractivity contribution in [2.24, 2.45) is 5.92 Å². The molecule has 1 saturated carbocycles. The van der Waals surface area contributed by atoms with Gasteiger partial charge in [0.15, 0.2) is 6.54 Å². The average molecular weight is 529 g/mol. The lowest BCUT2D eigenvalue weighted by Crippen LogP contribution is -2.39. The number of anilines is 3. The van der Waals surface area contributed by atoms with Gasteiger partial charge in [-0.3, -0.25) is 14.6 Å². The van der Waals surface area contributed by atoms with E-state index in [4.69, 9.17) is 4.52 Å². The minimum absolute atomic E-state index is 0.0727. The van der Waals surface area contributed by atoms with Crippen LogP contribution in [0, 0.1) is 5.92 Å². The SMILES string of the molecule is O=C(Nc1cc(N2CC[C@H](c3ccccc3)C2=O)cc(C(F)(F)F)c1)Nc1c[n+](CC2CCCCC2)no1. The summed E-state index contributed by atoms with van der Waals surface area (Å²) < 4.78 is 47.9. The van der Waals surface area contributed by atoms with Crippen LogP contribution in [0.4, 0.5) is 35.2 Å². The molecule has 5 rings (SSSR count). The summed E-state index contributed by atoms with van der Waals surface area (Å²) in [6, 6.07) is 11.5. The van der Waals surface area contributed by atoms with E-state index in [1.807, 2.05) is 30.3 Å². The lowest BCUT2D eigenvalue weighted by Gasteiger charge is -2.20. The molecule has 1 atom stereocenters. The summed E-state index contributed by atoms with van der Waals surface area (Å²) in [5.74, 6) is -0.142. The minimum Gasteiger partial charge on any atom is -0.312 e. The van der Waals surface area contributed by atoms with Crippen LogP contribution in [0.2, 0.25) is 0 Å². The van der Waals surface area contributed by atoms with E-state index in [0.29, 0.717) is 18.9 Å². The molecular formula is C27H29F3N5O3+. The van der Waals surface area contributed by atoms with Gasteiger partial charge in [-0.05, 0) is 43.0 Å². The molecular weight excluding hydrogens is 499 g/mol. The maximum absolute atomic E-state index is 13.7. The van der Waals surface area contributed by atoms with Crippen LogP contribution in [-0.4, -0.2) is 23.8 Å². The number of aromatic nitrogens is 2. The molecule has 0 spiro atoms. The van der Waals surface area contributed by atoms with Gasteiger partial charge in [-0.2, -0.15) is 13.2 Å². The van der Waals surface area contributed by atoms with Crippen LogP contribution < -0.4 is 20.2 Å². The number of nitrogens with one attached hydrogen (secondary N) is 2. The van der Waals surface area contributed by atoms with Gasteiger partial charge in [-0.15, -0.1) is 0 Å². The number of hydrogen-bond acceptors (Lipinski definition) is 4. The van der Waals surface area contributed by atoms with E-state index in [1.165, 1.54) is 30.2 Å². The van der Waals surface area contributed by atoms with Crippen molar-refractivity contribution in [1.82, 2.24) is 5.27 Å². The van der Waals surface area contributed by atoms with Crippen molar-refractivity contribution < 1.29 is 32.0 Å². The van der Waals surface area contributed by atoms with E-state index in [2.05, 4.69) is 15.9 Å². The van der Waals surface area contributed by atoms with Crippen molar-refractivity contribution >= 4 is 29.2 Å². The van der Waals surface area contributed by atoms with Gasteiger partial charge in [0.05, 0.1) is 11.5 Å². The first-order valence-electron chi connectivity index (χ1n) is 12.8. The largest absolute Gasteiger partial charge is 0.416 e. The van der Waals surface area contributed by atoms with E-state index in [0.717, 1.165) is 30.5 Å². The van der Waals surface area contributed by atoms with Crippen LogP contribution in [0.1, 0.15) is 55.6 Å². The van der Waals surface area contributed by atoms with Crippen molar-refractivity contribution in [2.45, 2.75) is 57.2 Å². The fourth-order valence-electron chi connectivity index (χ4n) is 5.26. The van der Waals surface area contributed by atoms with Gasteiger partial charge in [-0.25, -0.2) is 4.79 Å². The Bertz CT molecular complexity index is 1290. The van der Waals surface area contributed by atoms with Gasteiger partial charge in [0.25, 0.3) is 6.20 Å². The summed E-state index contributed by atoms with van der Waals surface area (Å²) in [5.41, 5.74) is -0.176. The topological polar surface area (TPSA) is 91.4 Å². The molecule has 0 unspecified atom stereocenters. The van der Waals surface area contributed by atoms with Gasteiger partial charge in [0.2, 0.25) is 11.2 Å². The molecule has 2 aromatic carbocycles. The third-order valence-corrected chi connectivity index (χ3v) is 7.14. The minimum atomic E-state index is -4.67. The molecule has 1 aromatic heterocycles. The van der Waals surface area contributed by atoms with Crippen molar-refractivity contribution in [1.29, 1.82) is 0 Å². The number of carbonyl (C=O) groups excluding carboxylic acids is 2. The van der Waals surface area contributed by atoms with Gasteiger partial charge >= 0.3 is 18.1 Å². The second-order valence-corrected chi connectivity index (χ2v) is 9.88. The van der Waals surface area contributed by atoms with Gasteiger partial charge in [0.1, 0.15) is 0 Å². The first-order chi connectivity index (χ1) is 18.3. The molecule has 1 aliphatic carbocycles. The molecule has 2 heterocycles. The number of rotatable bonds is 6. The van der Waals surface area contributed by atoms with Crippen molar-refractivity contribution in [3.63, 3.8) is 0 Å². The van der Waals surface area contributed by atoms with Crippen LogP contribution in [0.3, 0.4) is 0 Å². The lowest BCUT2D eigenvalue weighted by molar-refractivity contribution is -0.767. The highest BCUT2D eigenvalue weighted by Gasteiger charge is 2.36. The molecule has 2 aliphatic rings. The number of amides is 3. The van der Waals surface area contributed by atoms with E-state index >= 15 is 0 Å². The normalized spacial score (nSPS) is 18.6. The molecule has 0 bridgehead atoms. The molecule has 2 N–H and O–H groups in total. The molecule has 1 saturated heterocycles. The predicted octanol–water partition coefficient (Wildman–Crippen LogP) is 5.73. The van der Waals surface area contributed by atoms with Gasteiger partial charge in [0, 0.05) is 23.8 Å². The lowest BCUT2D eigenvalue weighted by atomic mass is 9.89. The Balaban J connectivity index is 1.29. The highest BCUT2D eigenvalue weighted by atomic mass is 19.4. The van der Waals surface area contributed by atoms with Crippen molar-refractivity contribution in [2.75, 3.05) is 22.1 Å². The fraction of sp³-hybridized carbons (Fsp3) is 0.407. The number of halogens is 3. The van der Waals surface area contributed by atoms with E-state index < -0.39 is 23.7 Å². The smallest absolute Gasteiger partial charge is 0.312 e. The van der Waals surface area contributed by atoms with Crippen LogP contribution in [0.15, 0.2) is 59.3 Å². The second kappa shape index (κ2) is 10.8. The highest BCUT2D eigenvalue weighted by Crippen LogP contribution is 2.38. The first kappa shape index (κ1) is 25.7. The third-order valence-electron chi connectivity index (χ3n) is 7.14. The number of hydrogen-bond donors (Lipinski definition) is 2. The first-order valence-corrected chi connectivity index (χ1v) is 12.8. The van der Waals surface area contributed by atoms with Crippen LogP contribution in [0.5, 0.6) is 0 Å². The van der Waals surface area contributed by atoms with Crippen LogP contribution >= 0.6 is 0 Å². The van der Waals surface area contributed by atoms with E-state index in [-0.39, 0.29) is 29.7 Å². The number of alkyl halides is 3. The molecule has 3 aromatic rings. The number of nitrogens with zero attached hydrogens (tertiary/aromatic N) is 3. The molecule has 1 aliphatic heterocycles. The van der Waals surface area contributed by atoms with Crippen molar-refractivity contribution in [3.05, 3.63) is 65.9 Å². The van der Waals surface area contributed by atoms with E-state index in [9.17, 15) is 22.8 Å². The zero-order chi connectivity index (χ0) is 26.7. The molecule has 8 nitrogen and oxygen atoms in total. The summed E-state index contributed by atoms with van der Waals surface area (Å²) in [6.07, 6.45) is 3.22. The molecule has 3 amide bonds. The molecule has 38 heavy (non-hydrogen) atoms. The molecule has 2 fully saturated rings. The zero-order valence-electron chi connectivity index (χ0n) is 20.7. The summed E-state index contributed by atoms with van der Waals surface area (Å²) in [5, 5.41) is 8.83. The Hall–Kier alpha value is -3.89. The third kappa shape index (κ3) is 5.98. The monoisotopic (exact) mass is 528 g/mol. The Morgan fingerprint density at radius 3 is 2.55 bits per heavy atom. The standard InChI is InChI=1S/C27H28F3N5O3/c28-27(29,30)20-13-21(15-22(14-20)35-12-11-23(25(35)36)19-9-5-2-6-10-19)31-26(37)32-24-17-34(33-38-24)16-18-7-3-1-4-8-18/h2,5-6,9-10,13-15,17-18,23H,1,3-4,7-8,11-12,16H2,(H-,31,32,33,37)/p+1/t23-/m1/s1.